The van der Waals surface area contributed by atoms with Crippen molar-refractivity contribution in [2.24, 2.45) is 0 Å². The summed E-state index contributed by atoms with van der Waals surface area (Å²) in [5.74, 6) is -0.487. The molecule has 2 N–H and O–H groups in total. The lowest BCUT2D eigenvalue weighted by Crippen LogP contribution is -2.48. The molecular weight excluding hydrogens is 542 g/mol. The summed E-state index contributed by atoms with van der Waals surface area (Å²) in [6, 6.07) is 9.13. The van der Waals surface area contributed by atoms with E-state index in [2.05, 4.69) is 37.3 Å². The topological polar surface area (TPSA) is 165 Å². The Morgan fingerprint density at radius 1 is 1.08 bits per heavy atom. The van der Waals surface area contributed by atoms with Gasteiger partial charge in [0.15, 0.2) is 23.8 Å². The third kappa shape index (κ3) is 7.23. The number of piperazine rings is 1. The van der Waals surface area contributed by atoms with Crippen molar-refractivity contribution in [3.05, 3.63) is 47.4 Å². The number of sulfone groups is 2. The highest BCUT2D eigenvalue weighted by Gasteiger charge is 2.46. The van der Waals surface area contributed by atoms with E-state index in [1.807, 2.05) is 12.1 Å². The van der Waals surface area contributed by atoms with Crippen LogP contribution >= 0.6 is 0 Å². The predicted molar refractivity (Wildman–Crippen MR) is 150 cm³/mol. The van der Waals surface area contributed by atoms with Gasteiger partial charge in [-0.15, -0.1) is 0 Å². The molecule has 0 atom stereocenters. The number of carbonyl (C=O) groups is 1. The van der Waals surface area contributed by atoms with Gasteiger partial charge in [0.05, 0.1) is 0 Å². The van der Waals surface area contributed by atoms with Crippen LogP contribution in [0.25, 0.3) is 0 Å². The number of hydrogen-bond donors (Lipinski definition) is 2. The first-order valence-electron chi connectivity index (χ1n) is 12.5. The molecule has 1 amide bonds. The first kappa shape index (κ1) is 30.3. The van der Waals surface area contributed by atoms with Crippen LogP contribution in [0.1, 0.15) is 42.0 Å². The number of benzene rings is 1. The monoisotopic (exact) mass is 577 g/mol. The average molecular weight is 578 g/mol. The number of carbonyl (C=O) groups excluding carboxylic acids is 1. The highest BCUT2D eigenvalue weighted by molar-refractivity contribution is 8.09. The van der Waals surface area contributed by atoms with E-state index in [0.717, 1.165) is 64.3 Å². The number of hydrogen-bond acceptors (Lipinski definition) is 11. The van der Waals surface area contributed by atoms with Crippen molar-refractivity contribution in [1.29, 1.82) is 5.26 Å². The summed E-state index contributed by atoms with van der Waals surface area (Å²) in [5.41, 5.74) is 1.86. The van der Waals surface area contributed by atoms with Crippen molar-refractivity contribution < 1.29 is 21.6 Å². The van der Waals surface area contributed by atoms with Crippen molar-refractivity contribution in [1.82, 2.24) is 20.2 Å². The molecule has 14 heteroatoms. The zero-order valence-electron chi connectivity index (χ0n) is 22.6. The molecular formula is C25H35N7O5S2. The van der Waals surface area contributed by atoms with Crippen molar-refractivity contribution >= 4 is 37.1 Å². The minimum absolute atomic E-state index is 0.0392. The summed E-state index contributed by atoms with van der Waals surface area (Å²) in [7, 11) is -8.07. The van der Waals surface area contributed by atoms with E-state index in [9.17, 15) is 26.9 Å². The van der Waals surface area contributed by atoms with E-state index in [4.69, 9.17) is 0 Å². The maximum Gasteiger partial charge on any atom is 0.251 e. The van der Waals surface area contributed by atoms with E-state index < -0.39 is 30.3 Å². The fourth-order valence-corrected chi connectivity index (χ4v) is 7.04. The van der Waals surface area contributed by atoms with Gasteiger partial charge in [-0.25, -0.2) is 26.8 Å². The molecule has 0 spiro atoms. The van der Waals surface area contributed by atoms with Gasteiger partial charge < -0.3 is 15.5 Å². The minimum Gasteiger partial charge on any atom is -0.369 e. The maximum absolute atomic E-state index is 12.8. The Morgan fingerprint density at radius 2 is 1.69 bits per heavy atom. The van der Waals surface area contributed by atoms with Crippen LogP contribution in [0.3, 0.4) is 0 Å². The Bertz CT molecular complexity index is 1400. The molecule has 2 aromatic rings. The molecule has 1 fully saturated rings. The second-order valence-electron chi connectivity index (χ2n) is 9.77. The molecule has 212 valence electrons. The molecule has 1 saturated heterocycles. The first-order valence-corrected chi connectivity index (χ1v) is 16.3. The lowest BCUT2D eigenvalue weighted by Gasteiger charge is -2.36. The van der Waals surface area contributed by atoms with Gasteiger partial charge >= 0.3 is 0 Å². The zero-order valence-corrected chi connectivity index (χ0v) is 24.3. The molecule has 0 bridgehead atoms. The molecule has 0 aliphatic carbocycles. The summed E-state index contributed by atoms with van der Waals surface area (Å²) >= 11 is 0. The molecule has 0 unspecified atom stereocenters. The van der Waals surface area contributed by atoms with Crippen LogP contribution in [0, 0.1) is 11.3 Å². The van der Waals surface area contributed by atoms with Crippen molar-refractivity contribution in [2.75, 3.05) is 62.0 Å². The number of aromatic nitrogens is 2. The molecule has 1 aromatic heterocycles. The largest absolute Gasteiger partial charge is 0.369 e. The van der Waals surface area contributed by atoms with Gasteiger partial charge in [-0.1, -0.05) is 6.92 Å². The van der Waals surface area contributed by atoms with Gasteiger partial charge in [-0.3, -0.25) is 9.69 Å². The first-order chi connectivity index (χ1) is 18.3. The van der Waals surface area contributed by atoms with Gasteiger partial charge in [-0.05, 0) is 44.2 Å². The molecule has 1 aromatic carbocycles. The van der Waals surface area contributed by atoms with Crippen molar-refractivity contribution in [3.8, 4) is 6.07 Å². The van der Waals surface area contributed by atoms with Gasteiger partial charge in [0.1, 0.15) is 11.9 Å². The lowest BCUT2D eigenvalue weighted by atomic mass is 10.1. The van der Waals surface area contributed by atoms with Crippen LogP contribution < -0.4 is 15.5 Å². The van der Waals surface area contributed by atoms with E-state index in [1.165, 1.54) is 6.20 Å². The number of nitriles is 1. The van der Waals surface area contributed by atoms with Crippen LogP contribution in [0.4, 0.5) is 11.5 Å². The van der Waals surface area contributed by atoms with Gasteiger partial charge in [-0.2, -0.15) is 5.26 Å². The second-order valence-corrected chi connectivity index (χ2v) is 14.9. The van der Waals surface area contributed by atoms with E-state index in [0.29, 0.717) is 11.1 Å². The number of anilines is 2. The minimum atomic E-state index is -4.03. The number of nitrogens with zero attached hydrogens (tertiary/aromatic N) is 5. The fraction of sp³-hybridized carbons (Fsp3) is 0.520. The third-order valence-corrected chi connectivity index (χ3v) is 12.2. The summed E-state index contributed by atoms with van der Waals surface area (Å²) in [6.07, 6.45) is 4.15. The fourth-order valence-electron chi connectivity index (χ4n) is 4.17. The Hall–Kier alpha value is -3.28. The van der Waals surface area contributed by atoms with Crippen LogP contribution in [0.2, 0.25) is 0 Å². The highest BCUT2D eigenvalue weighted by Crippen LogP contribution is 2.25. The van der Waals surface area contributed by atoms with Crippen LogP contribution in [-0.4, -0.2) is 93.5 Å². The Labute approximate surface area is 230 Å². The van der Waals surface area contributed by atoms with Crippen molar-refractivity contribution in [2.45, 2.75) is 30.9 Å². The molecule has 0 radical (unpaired) electrons. The predicted octanol–water partition coefficient (Wildman–Crippen LogP) is 1.03. The van der Waals surface area contributed by atoms with Crippen LogP contribution in [0.15, 0.2) is 30.5 Å². The summed E-state index contributed by atoms with van der Waals surface area (Å²) < 4.78 is 47.1. The lowest BCUT2D eigenvalue weighted by molar-refractivity contribution is 0.0951. The maximum atomic E-state index is 12.8. The van der Waals surface area contributed by atoms with Crippen LogP contribution in [0.5, 0.6) is 0 Å². The smallest absolute Gasteiger partial charge is 0.251 e. The van der Waals surface area contributed by atoms with E-state index >= 15 is 0 Å². The molecule has 1 aliphatic heterocycles. The molecule has 39 heavy (non-hydrogen) atoms. The molecule has 2 heterocycles. The van der Waals surface area contributed by atoms with Gasteiger partial charge in [0, 0.05) is 74.8 Å². The zero-order chi connectivity index (χ0) is 28.8. The highest BCUT2D eigenvalue weighted by atomic mass is 32.3. The van der Waals surface area contributed by atoms with E-state index in [1.54, 1.807) is 18.2 Å². The Morgan fingerprint density at radius 3 is 2.23 bits per heavy atom. The standard InChI is InChI=1S/C25H35N7O5S2/c1-5-10-31-11-13-32(14-12-31)21-8-6-19(7-9-21)24(33)28-17-20-16-27-22(15-26)30-23(20)29-18-25(2,38(3,34)35)39(4,36)37/h6-9,16H,5,10-14,17-18H2,1-4H3,(H,28,33)(H,27,29,30). The molecule has 3 rings (SSSR count). The molecule has 1 aliphatic rings. The number of nitrogens with one attached hydrogen (secondary N) is 2. The number of rotatable bonds is 11. The molecule has 0 saturated carbocycles. The quantitative estimate of drug-likeness (QED) is 0.392. The third-order valence-electron chi connectivity index (χ3n) is 6.96. The normalized spacial score (nSPS) is 15.0. The Balaban J connectivity index is 1.69. The van der Waals surface area contributed by atoms with Crippen molar-refractivity contribution in [3.63, 3.8) is 0 Å². The average Bonchev–Trinajstić information content (AvgIpc) is 2.90. The Kier molecular flexibility index (Phi) is 9.52. The van der Waals surface area contributed by atoms with E-state index in [-0.39, 0.29) is 24.1 Å². The molecule has 12 nitrogen and oxygen atoms in total. The number of amides is 1. The second kappa shape index (κ2) is 12.3. The summed E-state index contributed by atoms with van der Waals surface area (Å²) in [6.45, 7) is 7.70. The van der Waals surface area contributed by atoms with Crippen LogP contribution in [-0.2, 0) is 26.2 Å². The summed E-state index contributed by atoms with van der Waals surface area (Å²) in [4.78, 5) is 25.5. The van der Waals surface area contributed by atoms with Gasteiger partial charge in [0.2, 0.25) is 5.82 Å². The van der Waals surface area contributed by atoms with Gasteiger partial charge in [0.25, 0.3) is 5.91 Å². The summed E-state index contributed by atoms with van der Waals surface area (Å²) in [5, 5.41) is 14.7. The SMILES string of the molecule is CCCN1CCN(c2ccc(C(=O)NCc3cnc(C#N)nc3NCC(C)(S(C)(=O)=O)S(C)(=O)=O)cc2)CC1.